The lowest BCUT2D eigenvalue weighted by molar-refractivity contribution is 0.220. The molecule has 1 aromatic rings. The average molecular weight is 217 g/mol. The summed E-state index contributed by atoms with van der Waals surface area (Å²) in [6.07, 6.45) is 2.76. The molecule has 1 unspecified atom stereocenters. The van der Waals surface area contributed by atoms with Crippen LogP contribution in [0.3, 0.4) is 0 Å². The third kappa shape index (κ3) is 1.84. The number of hydrogen-bond donors (Lipinski definition) is 0. The highest BCUT2D eigenvalue weighted by molar-refractivity contribution is 8.02. The van der Waals surface area contributed by atoms with E-state index >= 15 is 0 Å². The first-order chi connectivity index (χ1) is 7.43. The molecule has 0 amide bonds. The Morgan fingerprint density at radius 1 is 1.27 bits per heavy atom. The van der Waals surface area contributed by atoms with E-state index in [1.165, 1.54) is 30.8 Å². The zero-order valence-electron chi connectivity index (χ0n) is 8.73. The largest absolute Gasteiger partial charge is 0.293 e. The van der Waals surface area contributed by atoms with Crippen molar-refractivity contribution in [3.8, 4) is 0 Å². The minimum atomic E-state index is 0.793. The van der Waals surface area contributed by atoms with Crippen LogP contribution in [-0.4, -0.2) is 24.0 Å². The van der Waals surface area contributed by atoms with Gasteiger partial charge in [0, 0.05) is 17.5 Å². The summed E-state index contributed by atoms with van der Waals surface area (Å²) in [5.74, 6) is 0. The Bertz CT molecular complexity index is 371. The molecule has 2 fully saturated rings. The van der Waals surface area contributed by atoms with Crippen molar-refractivity contribution in [1.82, 2.24) is 4.90 Å². The predicted octanol–water partition coefficient (Wildman–Crippen LogP) is 3.14. The summed E-state index contributed by atoms with van der Waals surface area (Å²) in [6, 6.07) is 11.4. The molecule has 1 nitrogen and oxygen atoms in total. The van der Waals surface area contributed by atoms with Crippen molar-refractivity contribution in [2.75, 3.05) is 13.1 Å². The van der Waals surface area contributed by atoms with E-state index in [1.807, 2.05) is 11.8 Å². The van der Waals surface area contributed by atoms with Gasteiger partial charge >= 0.3 is 0 Å². The Balaban J connectivity index is 1.64. The summed E-state index contributed by atoms with van der Waals surface area (Å²) < 4.78 is 0. The molecule has 0 aromatic heterocycles. The maximum atomic E-state index is 2.58. The van der Waals surface area contributed by atoms with Crippen molar-refractivity contribution in [1.29, 1.82) is 0 Å². The van der Waals surface area contributed by atoms with Crippen molar-refractivity contribution in [2.45, 2.75) is 23.8 Å². The van der Waals surface area contributed by atoms with Gasteiger partial charge < -0.3 is 0 Å². The summed E-state index contributed by atoms with van der Waals surface area (Å²) in [5.41, 5.74) is 1.64. The number of thioether (sulfide) groups is 1. The monoisotopic (exact) mass is 217 g/mol. The molecule has 78 valence electrons. The molecule has 0 spiro atoms. The van der Waals surface area contributed by atoms with Crippen molar-refractivity contribution in [2.24, 2.45) is 0 Å². The first kappa shape index (κ1) is 9.49. The fourth-order valence-electron chi connectivity index (χ4n) is 2.42. The molecule has 3 rings (SSSR count). The van der Waals surface area contributed by atoms with Crippen molar-refractivity contribution < 1.29 is 0 Å². The van der Waals surface area contributed by atoms with E-state index in [1.54, 1.807) is 5.57 Å². The van der Waals surface area contributed by atoms with Gasteiger partial charge in [0.15, 0.2) is 0 Å². The molecule has 0 N–H and O–H groups in total. The molecule has 0 bridgehead atoms. The fraction of sp³-hybridized carbons (Fsp3) is 0.385. The maximum Gasteiger partial charge on any atom is 0.0332 e. The summed E-state index contributed by atoms with van der Waals surface area (Å²) in [4.78, 5) is 3.93. The van der Waals surface area contributed by atoms with Gasteiger partial charge in [0.1, 0.15) is 0 Å². The molecule has 2 heterocycles. The van der Waals surface area contributed by atoms with E-state index in [0.717, 1.165) is 6.04 Å². The third-order valence-corrected chi connectivity index (χ3v) is 4.23. The second-order valence-corrected chi connectivity index (χ2v) is 5.19. The van der Waals surface area contributed by atoms with Gasteiger partial charge in [-0.05, 0) is 42.5 Å². The number of benzene rings is 1. The van der Waals surface area contributed by atoms with Gasteiger partial charge in [0.05, 0.1) is 0 Å². The molecule has 1 aromatic carbocycles. The molecule has 1 atom stereocenters. The minimum absolute atomic E-state index is 0.793. The first-order valence-corrected chi connectivity index (χ1v) is 6.46. The predicted molar refractivity (Wildman–Crippen MR) is 65.0 cm³/mol. The van der Waals surface area contributed by atoms with E-state index in [9.17, 15) is 0 Å². The van der Waals surface area contributed by atoms with Gasteiger partial charge in [-0.25, -0.2) is 0 Å². The molecule has 0 radical (unpaired) electrons. The third-order valence-electron chi connectivity index (χ3n) is 3.27. The van der Waals surface area contributed by atoms with Crippen molar-refractivity contribution >= 4 is 11.8 Å². The SMILES string of the molecule is C(/Sc1ccccc1)=C1\CN2CCCC12. The first-order valence-electron chi connectivity index (χ1n) is 5.58. The summed E-state index contributed by atoms with van der Waals surface area (Å²) in [5, 5.41) is 2.36. The molecule has 0 saturated carbocycles. The van der Waals surface area contributed by atoms with Crippen LogP contribution in [0.15, 0.2) is 46.2 Å². The molecule has 2 aliphatic rings. The second-order valence-electron chi connectivity index (χ2n) is 4.25. The van der Waals surface area contributed by atoms with Crippen molar-refractivity contribution in [3.05, 3.63) is 41.3 Å². The van der Waals surface area contributed by atoms with Gasteiger partial charge in [-0.15, -0.1) is 0 Å². The zero-order valence-corrected chi connectivity index (χ0v) is 9.54. The van der Waals surface area contributed by atoms with E-state index in [0.29, 0.717) is 0 Å². The molecule has 2 aliphatic heterocycles. The molecular formula is C13H15NS. The van der Waals surface area contributed by atoms with Crippen LogP contribution in [0, 0.1) is 0 Å². The fourth-order valence-corrected chi connectivity index (χ4v) is 3.25. The van der Waals surface area contributed by atoms with Gasteiger partial charge in [-0.2, -0.15) is 0 Å². The minimum Gasteiger partial charge on any atom is -0.293 e. The van der Waals surface area contributed by atoms with E-state index in [2.05, 4.69) is 40.6 Å². The zero-order chi connectivity index (χ0) is 10.1. The Morgan fingerprint density at radius 3 is 2.93 bits per heavy atom. The lowest BCUT2D eigenvalue weighted by Gasteiger charge is -2.38. The van der Waals surface area contributed by atoms with Gasteiger partial charge in [-0.3, -0.25) is 4.90 Å². The topological polar surface area (TPSA) is 3.24 Å². The molecular weight excluding hydrogens is 202 g/mol. The molecule has 2 saturated heterocycles. The highest BCUT2D eigenvalue weighted by atomic mass is 32.2. The lowest BCUT2D eigenvalue weighted by Crippen LogP contribution is -2.45. The summed E-state index contributed by atoms with van der Waals surface area (Å²) in [7, 11) is 0. The van der Waals surface area contributed by atoms with Crippen LogP contribution in [0.25, 0.3) is 0 Å². The Hall–Kier alpha value is -0.730. The average Bonchev–Trinajstić information content (AvgIpc) is 2.62. The molecule has 15 heavy (non-hydrogen) atoms. The van der Waals surface area contributed by atoms with E-state index in [-0.39, 0.29) is 0 Å². The van der Waals surface area contributed by atoms with Crippen LogP contribution in [-0.2, 0) is 0 Å². The number of nitrogens with zero attached hydrogens (tertiary/aromatic N) is 1. The standard InChI is InChI=1S/C13H15NS/c1-2-5-12(6-3-1)15-10-11-9-14-8-4-7-13(11)14/h1-3,5-6,10,13H,4,7-9H2/b11-10-. The molecule has 0 aliphatic carbocycles. The normalized spacial score (nSPS) is 27.7. The Morgan fingerprint density at radius 2 is 2.13 bits per heavy atom. The van der Waals surface area contributed by atoms with Gasteiger partial charge in [0.25, 0.3) is 0 Å². The van der Waals surface area contributed by atoms with Crippen LogP contribution in [0.1, 0.15) is 12.8 Å². The van der Waals surface area contributed by atoms with Crippen LogP contribution < -0.4 is 0 Å². The van der Waals surface area contributed by atoms with Crippen LogP contribution in [0.2, 0.25) is 0 Å². The van der Waals surface area contributed by atoms with Crippen molar-refractivity contribution in [3.63, 3.8) is 0 Å². The van der Waals surface area contributed by atoms with Crippen LogP contribution in [0.5, 0.6) is 0 Å². The Kier molecular flexibility index (Phi) is 2.55. The number of fused-ring (bicyclic) bond motifs is 1. The highest BCUT2D eigenvalue weighted by Gasteiger charge is 2.36. The number of hydrogen-bond acceptors (Lipinski definition) is 2. The van der Waals surface area contributed by atoms with Gasteiger partial charge in [-0.1, -0.05) is 30.0 Å². The Labute approximate surface area is 95.2 Å². The molecule has 2 heteroatoms. The quantitative estimate of drug-likeness (QED) is 0.700. The van der Waals surface area contributed by atoms with Gasteiger partial charge in [0.2, 0.25) is 0 Å². The second kappa shape index (κ2) is 4.03. The number of rotatable bonds is 2. The lowest BCUT2D eigenvalue weighted by atomic mass is 9.99. The van der Waals surface area contributed by atoms with E-state index < -0.39 is 0 Å². The smallest absolute Gasteiger partial charge is 0.0332 e. The van der Waals surface area contributed by atoms with Crippen LogP contribution >= 0.6 is 11.8 Å². The van der Waals surface area contributed by atoms with E-state index in [4.69, 9.17) is 0 Å². The summed E-state index contributed by atoms with van der Waals surface area (Å²) >= 11 is 1.86. The highest BCUT2D eigenvalue weighted by Crippen LogP contribution is 2.35. The maximum absolute atomic E-state index is 2.58. The van der Waals surface area contributed by atoms with Crippen LogP contribution in [0.4, 0.5) is 0 Å². The summed E-state index contributed by atoms with van der Waals surface area (Å²) in [6.45, 7) is 2.53.